The van der Waals surface area contributed by atoms with Crippen molar-refractivity contribution in [2.45, 2.75) is 20.3 Å². The fourth-order valence-corrected chi connectivity index (χ4v) is 2.60. The number of aryl methyl sites for hydroxylation is 1. The van der Waals surface area contributed by atoms with Gasteiger partial charge in [0.2, 0.25) is 0 Å². The predicted molar refractivity (Wildman–Crippen MR) is 70.3 cm³/mol. The molecule has 0 saturated heterocycles. The third kappa shape index (κ3) is 2.36. The summed E-state index contributed by atoms with van der Waals surface area (Å²) in [6, 6.07) is 5.78. The van der Waals surface area contributed by atoms with Crippen LogP contribution in [0, 0.1) is 6.92 Å². The number of carboxylic acids is 1. The molecule has 2 aromatic rings. The maximum Gasteiger partial charge on any atom is 0.331 e. The van der Waals surface area contributed by atoms with E-state index in [1.54, 1.807) is 17.4 Å². The van der Waals surface area contributed by atoms with Gasteiger partial charge in [-0.2, -0.15) is 0 Å². The molecule has 0 amide bonds. The number of aliphatic carboxylic acids is 1. The molecule has 1 aromatic carbocycles. The van der Waals surface area contributed by atoms with Crippen LogP contribution in [0.4, 0.5) is 0 Å². The zero-order valence-electron chi connectivity index (χ0n) is 9.73. The van der Waals surface area contributed by atoms with Crippen molar-refractivity contribution in [3.63, 3.8) is 0 Å². The van der Waals surface area contributed by atoms with Crippen LogP contribution in [0.15, 0.2) is 23.8 Å². The molecule has 0 spiro atoms. The van der Waals surface area contributed by atoms with Gasteiger partial charge >= 0.3 is 5.97 Å². The second kappa shape index (κ2) is 4.67. The van der Waals surface area contributed by atoms with Gasteiger partial charge in [-0.05, 0) is 31.1 Å². The van der Waals surface area contributed by atoms with Crippen LogP contribution < -0.4 is 0 Å². The van der Waals surface area contributed by atoms with Gasteiger partial charge in [0.25, 0.3) is 0 Å². The number of carbonyl (C=O) groups is 1. The predicted octanol–water partition coefficient (Wildman–Crippen LogP) is 3.48. The largest absolute Gasteiger partial charge is 0.478 e. The summed E-state index contributed by atoms with van der Waals surface area (Å²) in [5.74, 6) is -0.856. The summed E-state index contributed by atoms with van der Waals surface area (Å²) in [7, 11) is 0. The third-order valence-corrected chi connectivity index (χ3v) is 3.57. The standard InChI is InChI=1S/C13H13NO2S/c1-3-9(13(15)16)7-10-5-4-6-11-12(10)17-8(2)14-11/h4-7H,3H2,1-2H3,(H,15,16). The summed E-state index contributed by atoms with van der Waals surface area (Å²) in [5.41, 5.74) is 2.29. The Morgan fingerprint density at radius 2 is 2.29 bits per heavy atom. The van der Waals surface area contributed by atoms with E-state index in [1.807, 2.05) is 32.0 Å². The fourth-order valence-electron chi connectivity index (χ4n) is 1.70. The van der Waals surface area contributed by atoms with Gasteiger partial charge in [-0.1, -0.05) is 19.1 Å². The van der Waals surface area contributed by atoms with Crippen LogP contribution in [-0.2, 0) is 4.79 Å². The molecule has 0 radical (unpaired) electrons. The molecule has 0 saturated carbocycles. The smallest absolute Gasteiger partial charge is 0.331 e. The van der Waals surface area contributed by atoms with Crippen molar-refractivity contribution < 1.29 is 9.90 Å². The Bertz CT molecular complexity index is 598. The van der Waals surface area contributed by atoms with Gasteiger partial charge in [-0.3, -0.25) is 0 Å². The molecule has 1 heterocycles. The van der Waals surface area contributed by atoms with Gasteiger partial charge in [0.1, 0.15) is 0 Å². The maximum atomic E-state index is 11.0. The highest BCUT2D eigenvalue weighted by atomic mass is 32.1. The first-order valence-electron chi connectivity index (χ1n) is 5.42. The van der Waals surface area contributed by atoms with Crippen LogP contribution in [0.25, 0.3) is 16.3 Å². The van der Waals surface area contributed by atoms with Crippen LogP contribution in [0.5, 0.6) is 0 Å². The molecular weight excluding hydrogens is 234 g/mol. The van der Waals surface area contributed by atoms with E-state index in [-0.39, 0.29) is 0 Å². The monoisotopic (exact) mass is 247 g/mol. The Hall–Kier alpha value is -1.68. The van der Waals surface area contributed by atoms with Crippen molar-refractivity contribution in [3.8, 4) is 0 Å². The first-order chi connectivity index (χ1) is 8.11. The Labute approximate surface area is 103 Å². The zero-order valence-corrected chi connectivity index (χ0v) is 10.5. The van der Waals surface area contributed by atoms with Crippen molar-refractivity contribution in [2.75, 3.05) is 0 Å². The summed E-state index contributed by atoms with van der Waals surface area (Å²) < 4.78 is 1.05. The van der Waals surface area contributed by atoms with Crippen molar-refractivity contribution in [2.24, 2.45) is 0 Å². The molecule has 4 heteroatoms. The fraction of sp³-hybridized carbons (Fsp3) is 0.231. The number of nitrogens with zero attached hydrogens (tertiary/aromatic N) is 1. The molecule has 0 aliphatic carbocycles. The highest BCUT2D eigenvalue weighted by Crippen LogP contribution is 2.27. The van der Waals surface area contributed by atoms with Crippen molar-refractivity contribution in [1.29, 1.82) is 0 Å². The SMILES string of the molecule is CCC(=Cc1cccc2nc(C)sc12)C(=O)O. The second-order valence-corrected chi connectivity index (χ2v) is 4.96. The number of fused-ring (bicyclic) bond motifs is 1. The highest BCUT2D eigenvalue weighted by Gasteiger charge is 2.08. The van der Waals surface area contributed by atoms with E-state index in [0.29, 0.717) is 12.0 Å². The number of benzene rings is 1. The van der Waals surface area contributed by atoms with Crippen LogP contribution in [0.2, 0.25) is 0 Å². The molecule has 0 atom stereocenters. The molecule has 0 aliphatic heterocycles. The molecular formula is C13H13NO2S. The molecule has 3 nitrogen and oxygen atoms in total. The van der Waals surface area contributed by atoms with Gasteiger partial charge in [0.05, 0.1) is 15.2 Å². The minimum absolute atomic E-state index is 0.420. The Kier molecular flexibility index (Phi) is 3.24. The number of aromatic nitrogens is 1. The quantitative estimate of drug-likeness (QED) is 0.845. The molecule has 0 unspecified atom stereocenters. The summed E-state index contributed by atoms with van der Waals surface area (Å²) >= 11 is 1.59. The number of carboxylic acid groups (broad SMARTS) is 1. The normalized spacial score (nSPS) is 12.0. The average molecular weight is 247 g/mol. The van der Waals surface area contributed by atoms with E-state index in [1.165, 1.54) is 0 Å². The molecule has 2 rings (SSSR count). The summed E-state index contributed by atoms with van der Waals surface area (Å²) in [5, 5.41) is 10.0. The number of thiazole rings is 1. The third-order valence-electron chi connectivity index (χ3n) is 2.54. The average Bonchev–Trinajstić information content (AvgIpc) is 2.66. The minimum atomic E-state index is -0.856. The van der Waals surface area contributed by atoms with Crippen molar-refractivity contribution >= 4 is 33.6 Å². The summed E-state index contributed by atoms with van der Waals surface area (Å²) in [4.78, 5) is 15.4. The van der Waals surface area contributed by atoms with E-state index in [9.17, 15) is 4.79 Å². The van der Waals surface area contributed by atoms with Gasteiger partial charge in [-0.15, -0.1) is 11.3 Å². The lowest BCUT2D eigenvalue weighted by atomic mass is 10.1. The molecule has 1 aromatic heterocycles. The van der Waals surface area contributed by atoms with Gasteiger partial charge in [-0.25, -0.2) is 9.78 Å². The highest BCUT2D eigenvalue weighted by molar-refractivity contribution is 7.18. The first-order valence-corrected chi connectivity index (χ1v) is 6.23. The zero-order chi connectivity index (χ0) is 12.4. The Morgan fingerprint density at radius 3 is 2.94 bits per heavy atom. The summed E-state index contributed by atoms with van der Waals surface area (Å²) in [6.45, 7) is 3.80. The Balaban J connectivity index is 2.59. The number of hydrogen-bond acceptors (Lipinski definition) is 3. The maximum absolute atomic E-state index is 11.0. The van der Waals surface area contributed by atoms with Crippen LogP contribution >= 0.6 is 11.3 Å². The molecule has 0 fully saturated rings. The van der Waals surface area contributed by atoms with E-state index in [4.69, 9.17) is 5.11 Å². The van der Waals surface area contributed by atoms with Crippen LogP contribution in [0.1, 0.15) is 23.9 Å². The second-order valence-electron chi connectivity index (χ2n) is 3.76. The lowest BCUT2D eigenvalue weighted by Gasteiger charge is -1.99. The lowest BCUT2D eigenvalue weighted by molar-refractivity contribution is -0.132. The number of hydrogen-bond donors (Lipinski definition) is 1. The topological polar surface area (TPSA) is 50.2 Å². The summed E-state index contributed by atoms with van der Waals surface area (Å²) in [6.07, 6.45) is 2.26. The van der Waals surface area contributed by atoms with Crippen molar-refractivity contribution in [3.05, 3.63) is 34.3 Å². The molecule has 88 valence electrons. The molecule has 17 heavy (non-hydrogen) atoms. The minimum Gasteiger partial charge on any atom is -0.478 e. The van der Waals surface area contributed by atoms with Gasteiger partial charge in [0, 0.05) is 5.57 Å². The Morgan fingerprint density at radius 1 is 1.53 bits per heavy atom. The van der Waals surface area contributed by atoms with Crippen LogP contribution in [-0.4, -0.2) is 16.1 Å². The molecule has 1 N–H and O–H groups in total. The molecule has 0 aliphatic rings. The first kappa shape index (κ1) is 11.8. The van der Waals surface area contributed by atoms with Crippen LogP contribution in [0.3, 0.4) is 0 Å². The van der Waals surface area contributed by atoms with E-state index in [2.05, 4.69) is 4.98 Å². The van der Waals surface area contributed by atoms with Gasteiger partial charge < -0.3 is 5.11 Å². The van der Waals surface area contributed by atoms with Crippen molar-refractivity contribution in [1.82, 2.24) is 4.98 Å². The molecule has 0 bridgehead atoms. The van der Waals surface area contributed by atoms with Gasteiger partial charge in [0.15, 0.2) is 0 Å². The number of rotatable bonds is 3. The van der Waals surface area contributed by atoms with E-state index >= 15 is 0 Å². The van der Waals surface area contributed by atoms with E-state index < -0.39 is 5.97 Å². The van der Waals surface area contributed by atoms with E-state index in [0.717, 1.165) is 20.8 Å². The lowest BCUT2D eigenvalue weighted by Crippen LogP contribution is -1.98.